The van der Waals surface area contributed by atoms with Crippen LogP contribution in [0.3, 0.4) is 0 Å². The molecule has 1 heterocycles. The van der Waals surface area contributed by atoms with Crippen LogP contribution in [0.2, 0.25) is 0 Å². The van der Waals surface area contributed by atoms with Gasteiger partial charge in [-0.05, 0) is 25.9 Å². The SMILES string of the molecule is NC(=O)CN(CCOCCO)C1CCNCC1. The van der Waals surface area contributed by atoms with Crippen LogP contribution in [0.4, 0.5) is 0 Å². The van der Waals surface area contributed by atoms with Gasteiger partial charge < -0.3 is 20.9 Å². The first-order chi connectivity index (χ1) is 8.24. The second-order valence-corrected chi connectivity index (χ2v) is 4.25. The van der Waals surface area contributed by atoms with Crippen molar-refractivity contribution in [1.82, 2.24) is 10.2 Å². The van der Waals surface area contributed by atoms with Crippen LogP contribution in [-0.2, 0) is 9.53 Å². The van der Waals surface area contributed by atoms with Crippen LogP contribution in [0.15, 0.2) is 0 Å². The summed E-state index contributed by atoms with van der Waals surface area (Å²) in [5.74, 6) is -0.300. The summed E-state index contributed by atoms with van der Waals surface area (Å²) in [6, 6.07) is 0.404. The van der Waals surface area contributed by atoms with Gasteiger partial charge in [0.1, 0.15) is 0 Å². The molecule has 0 unspecified atom stereocenters. The molecule has 0 aromatic heterocycles. The van der Waals surface area contributed by atoms with Crippen LogP contribution < -0.4 is 11.1 Å². The molecular weight excluding hydrogens is 222 g/mol. The fraction of sp³-hybridized carbons (Fsp3) is 0.909. The third kappa shape index (κ3) is 5.97. The number of nitrogens with two attached hydrogens (primary N) is 1. The van der Waals surface area contributed by atoms with Crippen molar-refractivity contribution in [2.75, 3.05) is 46.0 Å². The van der Waals surface area contributed by atoms with E-state index in [0.29, 0.717) is 25.8 Å². The van der Waals surface area contributed by atoms with Gasteiger partial charge in [-0.2, -0.15) is 0 Å². The van der Waals surface area contributed by atoms with E-state index in [2.05, 4.69) is 10.2 Å². The lowest BCUT2D eigenvalue weighted by Crippen LogP contribution is -2.47. The van der Waals surface area contributed by atoms with E-state index in [1.165, 1.54) is 0 Å². The molecule has 6 nitrogen and oxygen atoms in total. The highest BCUT2D eigenvalue weighted by molar-refractivity contribution is 5.75. The molecule has 100 valence electrons. The molecule has 1 aliphatic rings. The highest BCUT2D eigenvalue weighted by Crippen LogP contribution is 2.11. The van der Waals surface area contributed by atoms with Crippen LogP contribution in [0.25, 0.3) is 0 Å². The number of nitrogens with one attached hydrogen (secondary N) is 1. The zero-order valence-electron chi connectivity index (χ0n) is 10.2. The van der Waals surface area contributed by atoms with Crippen LogP contribution in [0.5, 0.6) is 0 Å². The Balaban J connectivity index is 2.33. The van der Waals surface area contributed by atoms with Gasteiger partial charge in [0.2, 0.25) is 5.91 Å². The Kier molecular flexibility index (Phi) is 7.11. The summed E-state index contributed by atoms with van der Waals surface area (Å²) < 4.78 is 5.23. The Morgan fingerprint density at radius 1 is 1.41 bits per heavy atom. The smallest absolute Gasteiger partial charge is 0.231 e. The first-order valence-electron chi connectivity index (χ1n) is 6.15. The van der Waals surface area contributed by atoms with Crippen molar-refractivity contribution in [1.29, 1.82) is 0 Å². The van der Waals surface area contributed by atoms with Gasteiger partial charge in [0.25, 0.3) is 0 Å². The van der Waals surface area contributed by atoms with Crippen LogP contribution >= 0.6 is 0 Å². The molecule has 1 fully saturated rings. The third-order valence-electron chi connectivity index (χ3n) is 2.94. The summed E-state index contributed by atoms with van der Waals surface area (Å²) in [4.78, 5) is 13.1. The molecule has 1 aliphatic heterocycles. The summed E-state index contributed by atoms with van der Waals surface area (Å²) in [7, 11) is 0. The molecule has 0 aromatic rings. The number of rotatable bonds is 8. The molecule has 1 saturated heterocycles. The predicted molar refractivity (Wildman–Crippen MR) is 64.6 cm³/mol. The van der Waals surface area contributed by atoms with Crippen molar-refractivity contribution in [3.63, 3.8) is 0 Å². The third-order valence-corrected chi connectivity index (χ3v) is 2.94. The maximum atomic E-state index is 11.0. The molecule has 0 atom stereocenters. The Labute approximate surface area is 102 Å². The lowest BCUT2D eigenvalue weighted by atomic mass is 10.0. The topological polar surface area (TPSA) is 87.8 Å². The molecule has 1 amide bonds. The Morgan fingerprint density at radius 2 is 2.12 bits per heavy atom. The fourth-order valence-corrected chi connectivity index (χ4v) is 2.11. The normalized spacial score (nSPS) is 17.5. The average molecular weight is 245 g/mol. The molecule has 1 rings (SSSR count). The van der Waals surface area contributed by atoms with Gasteiger partial charge in [-0.3, -0.25) is 9.69 Å². The number of piperidine rings is 1. The Bertz CT molecular complexity index is 220. The minimum atomic E-state index is -0.300. The van der Waals surface area contributed by atoms with E-state index in [9.17, 15) is 4.79 Å². The maximum Gasteiger partial charge on any atom is 0.231 e. The highest BCUT2D eigenvalue weighted by Gasteiger charge is 2.21. The maximum absolute atomic E-state index is 11.0. The van der Waals surface area contributed by atoms with Crippen LogP contribution in [-0.4, -0.2) is 68.0 Å². The van der Waals surface area contributed by atoms with Crippen molar-refractivity contribution < 1.29 is 14.6 Å². The van der Waals surface area contributed by atoms with Gasteiger partial charge >= 0.3 is 0 Å². The molecule has 17 heavy (non-hydrogen) atoms. The molecule has 0 bridgehead atoms. The first kappa shape index (κ1) is 14.4. The summed E-state index contributed by atoms with van der Waals surface area (Å²) in [6.45, 7) is 3.84. The monoisotopic (exact) mass is 245 g/mol. The molecule has 4 N–H and O–H groups in total. The summed E-state index contributed by atoms with van der Waals surface area (Å²) in [6.07, 6.45) is 2.07. The molecule has 0 saturated carbocycles. The summed E-state index contributed by atoms with van der Waals surface area (Å²) in [5, 5.41) is 11.9. The lowest BCUT2D eigenvalue weighted by Gasteiger charge is -2.33. The van der Waals surface area contributed by atoms with E-state index in [4.69, 9.17) is 15.6 Å². The van der Waals surface area contributed by atoms with Crippen molar-refractivity contribution in [2.45, 2.75) is 18.9 Å². The van der Waals surface area contributed by atoms with Gasteiger partial charge in [-0.1, -0.05) is 0 Å². The van der Waals surface area contributed by atoms with Gasteiger partial charge in [0.15, 0.2) is 0 Å². The standard InChI is InChI=1S/C11H23N3O3/c12-11(16)9-14(5-7-17-8-6-15)10-1-3-13-4-2-10/h10,13,15H,1-9H2,(H2,12,16). The molecule has 0 radical (unpaired) electrons. The number of carbonyl (C=O) groups excluding carboxylic acids is 1. The number of amides is 1. The van der Waals surface area contributed by atoms with E-state index in [-0.39, 0.29) is 19.1 Å². The number of carbonyl (C=O) groups is 1. The van der Waals surface area contributed by atoms with Crippen LogP contribution in [0, 0.1) is 0 Å². The minimum absolute atomic E-state index is 0.0309. The van der Waals surface area contributed by atoms with Crippen molar-refractivity contribution in [3.8, 4) is 0 Å². The van der Waals surface area contributed by atoms with Crippen LogP contribution in [0.1, 0.15) is 12.8 Å². The predicted octanol–water partition coefficient (Wildman–Crippen LogP) is -1.47. The molecule has 0 aromatic carbocycles. The Morgan fingerprint density at radius 3 is 2.71 bits per heavy atom. The number of hydrogen-bond donors (Lipinski definition) is 3. The molecule has 0 aliphatic carbocycles. The zero-order chi connectivity index (χ0) is 12.5. The van der Waals surface area contributed by atoms with Crippen molar-refractivity contribution in [3.05, 3.63) is 0 Å². The molecular formula is C11H23N3O3. The van der Waals surface area contributed by atoms with E-state index < -0.39 is 0 Å². The largest absolute Gasteiger partial charge is 0.394 e. The quantitative estimate of drug-likeness (QED) is 0.455. The fourth-order valence-electron chi connectivity index (χ4n) is 2.11. The zero-order valence-corrected chi connectivity index (χ0v) is 10.2. The summed E-state index contributed by atoms with van der Waals surface area (Å²) >= 11 is 0. The second kappa shape index (κ2) is 8.41. The van der Waals surface area contributed by atoms with E-state index in [1.54, 1.807) is 0 Å². The van der Waals surface area contributed by atoms with E-state index >= 15 is 0 Å². The van der Waals surface area contributed by atoms with E-state index in [0.717, 1.165) is 25.9 Å². The van der Waals surface area contributed by atoms with E-state index in [1.807, 2.05) is 0 Å². The number of hydrogen-bond acceptors (Lipinski definition) is 5. The van der Waals surface area contributed by atoms with Gasteiger partial charge in [-0.15, -0.1) is 0 Å². The second-order valence-electron chi connectivity index (χ2n) is 4.25. The first-order valence-corrected chi connectivity index (χ1v) is 6.15. The summed E-state index contributed by atoms with van der Waals surface area (Å²) in [5.41, 5.74) is 5.25. The number of aliphatic hydroxyl groups excluding tert-OH is 1. The molecule has 0 spiro atoms. The Hall–Kier alpha value is -0.690. The van der Waals surface area contributed by atoms with Gasteiger partial charge in [-0.25, -0.2) is 0 Å². The van der Waals surface area contributed by atoms with Crippen molar-refractivity contribution in [2.24, 2.45) is 5.73 Å². The number of aliphatic hydroxyl groups is 1. The number of primary amides is 1. The molecule has 6 heteroatoms. The van der Waals surface area contributed by atoms with Crippen molar-refractivity contribution >= 4 is 5.91 Å². The number of ether oxygens (including phenoxy) is 1. The average Bonchev–Trinajstić information content (AvgIpc) is 2.34. The minimum Gasteiger partial charge on any atom is -0.394 e. The number of nitrogens with zero attached hydrogens (tertiary/aromatic N) is 1. The van der Waals surface area contributed by atoms with Gasteiger partial charge in [0, 0.05) is 12.6 Å². The lowest BCUT2D eigenvalue weighted by molar-refractivity contribution is -0.120. The van der Waals surface area contributed by atoms with Gasteiger partial charge in [0.05, 0.1) is 26.4 Å². The highest BCUT2D eigenvalue weighted by atomic mass is 16.5.